The topological polar surface area (TPSA) is 141 Å². The van der Waals surface area contributed by atoms with Crippen LogP contribution in [0, 0.1) is 19.7 Å². The SMILES string of the molecule is Cc1ccc(F)c([C@@H](C)[C@H](NS(=O)(=O)c2ccc(Cl)c([C@H](O)C(=O)N(C)C)c2)c2nn[nH]n2)c1C. The van der Waals surface area contributed by atoms with E-state index in [1.54, 1.807) is 19.9 Å². The highest BCUT2D eigenvalue weighted by molar-refractivity contribution is 7.89. The summed E-state index contributed by atoms with van der Waals surface area (Å²) in [6.07, 6.45) is -1.66. The average molecular weight is 525 g/mol. The number of nitrogens with one attached hydrogen (secondary N) is 2. The fourth-order valence-corrected chi connectivity index (χ4v) is 5.25. The Kier molecular flexibility index (Phi) is 7.90. The molecule has 13 heteroatoms. The lowest BCUT2D eigenvalue weighted by Crippen LogP contribution is -2.33. The van der Waals surface area contributed by atoms with Crippen LogP contribution in [0.5, 0.6) is 0 Å². The van der Waals surface area contributed by atoms with Gasteiger partial charge in [-0.05, 0) is 54.8 Å². The Balaban J connectivity index is 2.04. The normalized spacial score (nSPS) is 14.4. The summed E-state index contributed by atoms with van der Waals surface area (Å²) in [5.74, 6) is -1.88. The van der Waals surface area contributed by atoms with Crippen LogP contribution in [0.1, 0.15) is 53.1 Å². The zero-order valence-corrected chi connectivity index (χ0v) is 21.3. The second kappa shape index (κ2) is 10.4. The molecular formula is C22H26ClFN6O4S. The smallest absolute Gasteiger partial charge is 0.255 e. The van der Waals surface area contributed by atoms with E-state index in [0.29, 0.717) is 11.1 Å². The molecule has 0 fully saturated rings. The molecule has 0 aliphatic carbocycles. The Morgan fingerprint density at radius 2 is 1.91 bits per heavy atom. The van der Waals surface area contributed by atoms with E-state index < -0.39 is 39.8 Å². The van der Waals surface area contributed by atoms with E-state index in [9.17, 15) is 22.7 Å². The maximum atomic E-state index is 14.8. The molecule has 0 radical (unpaired) electrons. The van der Waals surface area contributed by atoms with Gasteiger partial charge in [-0.25, -0.2) is 12.8 Å². The standard InChI is InChI=1S/C22H26ClFN6O4S/c1-11-6-9-17(24)18(12(11)2)13(3)19(21-25-28-29-26-21)27-35(33,34)14-7-8-16(23)15(10-14)20(31)22(32)30(4)5/h6-10,13,19-20,27,31H,1-5H3,(H,25,26,28,29)/t13-,19+,20+/m1/s1. The number of halogens is 2. The molecule has 0 saturated carbocycles. The van der Waals surface area contributed by atoms with Crippen molar-refractivity contribution in [3.63, 3.8) is 0 Å². The Morgan fingerprint density at radius 1 is 1.23 bits per heavy atom. The first kappa shape index (κ1) is 26.7. The molecule has 0 bridgehead atoms. The van der Waals surface area contributed by atoms with Crippen LogP contribution >= 0.6 is 11.6 Å². The third kappa shape index (κ3) is 5.50. The summed E-state index contributed by atoms with van der Waals surface area (Å²) < 4.78 is 44.1. The van der Waals surface area contributed by atoms with Crippen LogP contribution in [0.15, 0.2) is 35.2 Å². The van der Waals surface area contributed by atoms with E-state index in [0.717, 1.165) is 16.5 Å². The zero-order chi connectivity index (χ0) is 26.1. The lowest BCUT2D eigenvalue weighted by atomic mass is 9.88. The van der Waals surface area contributed by atoms with Gasteiger partial charge in [0.25, 0.3) is 5.91 Å². The summed E-state index contributed by atoms with van der Waals surface area (Å²) in [6.45, 7) is 5.23. The number of benzene rings is 2. The minimum atomic E-state index is -4.28. The van der Waals surface area contributed by atoms with Gasteiger partial charge in [0.2, 0.25) is 10.0 Å². The summed E-state index contributed by atoms with van der Waals surface area (Å²) in [6, 6.07) is 5.50. The van der Waals surface area contributed by atoms with E-state index in [-0.39, 0.29) is 21.3 Å². The molecule has 2 aromatic carbocycles. The van der Waals surface area contributed by atoms with Crippen molar-refractivity contribution in [1.82, 2.24) is 30.2 Å². The molecule has 1 amide bonds. The van der Waals surface area contributed by atoms with Crippen LogP contribution in [0.4, 0.5) is 4.39 Å². The van der Waals surface area contributed by atoms with Crippen molar-refractivity contribution in [2.45, 2.75) is 43.7 Å². The van der Waals surface area contributed by atoms with Gasteiger partial charge in [-0.15, -0.1) is 10.2 Å². The number of aromatic nitrogens is 4. The Labute approximate surface area is 207 Å². The quantitative estimate of drug-likeness (QED) is 0.411. The van der Waals surface area contributed by atoms with Gasteiger partial charge in [0, 0.05) is 30.6 Å². The molecule has 3 rings (SSSR count). The molecule has 1 heterocycles. The summed E-state index contributed by atoms with van der Waals surface area (Å²) >= 11 is 6.14. The van der Waals surface area contributed by atoms with Gasteiger partial charge in [0.05, 0.1) is 10.9 Å². The van der Waals surface area contributed by atoms with Gasteiger partial charge in [0.15, 0.2) is 11.9 Å². The van der Waals surface area contributed by atoms with Gasteiger partial charge in [-0.3, -0.25) is 4.79 Å². The number of carbonyl (C=O) groups excluding carboxylic acids is 1. The predicted molar refractivity (Wildman–Crippen MR) is 127 cm³/mol. The molecule has 3 atom stereocenters. The number of aromatic amines is 1. The number of nitrogens with zero attached hydrogens (tertiary/aromatic N) is 4. The van der Waals surface area contributed by atoms with Crippen molar-refractivity contribution in [2.24, 2.45) is 0 Å². The highest BCUT2D eigenvalue weighted by Gasteiger charge is 2.33. The van der Waals surface area contributed by atoms with Gasteiger partial charge >= 0.3 is 0 Å². The predicted octanol–water partition coefficient (Wildman–Crippen LogP) is 2.55. The molecule has 0 spiro atoms. The first-order valence-electron chi connectivity index (χ1n) is 10.5. The second-order valence-electron chi connectivity index (χ2n) is 8.38. The molecule has 0 aliphatic heterocycles. The maximum absolute atomic E-state index is 14.8. The van der Waals surface area contributed by atoms with Gasteiger partial charge in [-0.1, -0.05) is 29.8 Å². The molecule has 0 saturated heterocycles. The summed E-state index contributed by atoms with van der Waals surface area (Å²) in [4.78, 5) is 13.1. The highest BCUT2D eigenvalue weighted by atomic mass is 35.5. The van der Waals surface area contributed by atoms with Crippen molar-refractivity contribution in [3.8, 4) is 0 Å². The molecule has 1 aromatic heterocycles. The number of likely N-dealkylation sites (N-methyl/N-ethyl adjacent to an activating group) is 1. The molecule has 35 heavy (non-hydrogen) atoms. The lowest BCUT2D eigenvalue weighted by Gasteiger charge is -2.25. The third-order valence-corrected chi connectivity index (χ3v) is 7.64. The van der Waals surface area contributed by atoms with Gasteiger partial charge in [0.1, 0.15) is 5.82 Å². The fraction of sp³-hybridized carbons (Fsp3) is 0.364. The number of hydrogen-bond donors (Lipinski definition) is 3. The Bertz CT molecular complexity index is 1330. The van der Waals surface area contributed by atoms with Crippen molar-refractivity contribution in [2.75, 3.05) is 14.1 Å². The molecule has 3 aromatic rings. The van der Waals surface area contributed by atoms with E-state index in [1.165, 1.54) is 32.3 Å². The summed E-state index contributed by atoms with van der Waals surface area (Å²) in [5.41, 5.74) is 1.75. The van der Waals surface area contributed by atoms with Crippen molar-refractivity contribution in [3.05, 3.63) is 69.2 Å². The molecule has 10 nitrogen and oxygen atoms in total. The van der Waals surface area contributed by atoms with Gasteiger partial charge < -0.3 is 10.0 Å². The Hall–Kier alpha value is -2.93. The maximum Gasteiger partial charge on any atom is 0.255 e. The number of hydrogen-bond acceptors (Lipinski definition) is 7. The highest BCUT2D eigenvalue weighted by Crippen LogP contribution is 2.35. The first-order chi connectivity index (χ1) is 16.3. The largest absolute Gasteiger partial charge is 0.378 e. The van der Waals surface area contributed by atoms with Crippen LogP contribution in [-0.2, 0) is 14.8 Å². The number of aryl methyl sites for hydroxylation is 1. The number of tetrazole rings is 1. The number of carbonyl (C=O) groups is 1. The van der Waals surface area contributed by atoms with E-state index in [4.69, 9.17) is 11.6 Å². The minimum absolute atomic E-state index is 0.0124. The average Bonchev–Trinajstić information content (AvgIpc) is 3.34. The third-order valence-electron chi connectivity index (χ3n) is 5.86. The molecule has 188 valence electrons. The number of aliphatic hydroxyl groups is 1. The van der Waals surface area contributed by atoms with Crippen LogP contribution in [-0.4, -0.2) is 59.1 Å². The van der Waals surface area contributed by atoms with Crippen LogP contribution in [0.25, 0.3) is 0 Å². The number of sulfonamides is 1. The number of aliphatic hydroxyl groups excluding tert-OH is 1. The number of amides is 1. The Morgan fingerprint density at radius 3 is 2.51 bits per heavy atom. The second-order valence-corrected chi connectivity index (χ2v) is 10.5. The van der Waals surface area contributed by atoms with Gasteiger partial charge in [-0.2, -0.15) is 9.94 Å². The molecule has 0 aliphatic rings. The van der Waals surface area contributed by atoms with Crippen LogP contribution < -0.4 is 4.72 Å². The lowest BCUT2D eigenvalue weighted by molar-refractivity contribution is -0.137. The summed E-state index contributed by atoms with van der Waals surface area (Å²) in [5, 5.41) is 24.1. The minimum Gasteiger partial charge on any atom is -0.378 e. The van der Waals surface area contributed by atoms with Crippen LogP contribution in [0.2, 0.25) is 5.02 Å². The first-order valence-corrected chi connectivity index (χ1v) is 12.4. The van der Waals surface area contributed by atoms with Crippen molar-refractivity contribution >= 4 is 27.5 Å². The van der Waals surface area contributed by atoms with Crippen molar-refractivity contribution < 1.29 is 22.7 Å². The summed E-state index contributed by atoms with van der Waals surface area (Å²) in [7, 11) is -1.38. The molecule has 3 N–H and O–H groups in total. The van der Waals surface area contributed by atoms with E-state index in [1.807, 2.05) is 6.92 Å². The molecule has 0 unspecified atom stereocenters. The zero-order valence-electron chi connectivity index (χ0n) is 19.7. The van der Waals surface area contributed by atoms with E-state index >= 15 is 0 Å². The number of H-pyrrole nitrogens is 1. The van der Waals surface area contributed by atoms with Crippen LogP contribution in [0.3, 0.4) is 0 Å². The number of rotatable bonds is 8. The monoisotopic (exact) mass is 524 g/mol. The fourth-order valence-electron chi connectivity index (χ4n) is 3.72. The van der Waals surface area contributed by atoms with E-state index in [2.05, 4.69) is 25.3 Å². The van der Waals surface area contributed by atoms with Crippen molar-refractivity contribution in [1.29, 1.82) is 0 Å². The molecular weight excluding hydrogens is 499 g/mol.